The van der Waals surface area contributed by atoms with Crippen LogP contribution in [0.3, 0.4) is 0 Å². The average Bonchev–Trinajstić information content (AvgIpc) is 2.69. The molecule has 0 aliphatic carbocycles. The third-order valence-electron chi connectivity index (χ3n) is 5.89. The van der Waals surface area contributed by atoms with Crippen molar-refractivity contribution in [3.8, 4) is 23.0 Å². The van der Waals surface area contributed by atoms with Crippen LogP contribution in [0.15, 0.2) is 24.3 Å². The Morgan fingerprint density at radius 3 is 1.89 bits per heavy atom. The van der Waals surface area contributed by atoms with Gasteiger partial charge in [0.2, 0.25) is 0 Å². The zero-order valence-corrected chi connectivity index (χ0v) is 16.2. The number of quaternary nitrogens is 1. The Morgan fingerprint density at radius 1 is 0.778 bits per heavy atom. The van der Waals surface area contributed by atoms with Crippen molar-refractivity contribution in [2.75, 3.05) is 35.0 Å². The molecule has 2 aromatic carbocycles. The molecule has 144 valence electrons. The van der Waals surface area contributed by atoms with Crippen LogP contribution in [0.2, 0.25) is 0 Å². The van der Waals surface area contributed by atoms with Gasteiger partial charge in [-0.3, -0.25) is 0 Å². The van der Waals surface area contributed by atoms with Gasteiger partial charge in [0.15, 0.2) is 23.0 Å². The molecule has 0 bridgehead atoms. The van der Waals surface area contributed by atoms with E-state index in [9.17, 15) is 5.21 Å². The Bertz CT molecular complexity index is 881. The second kappa shape index (κ2) is 6.62. The second-order valence-corrected chi connectivity index (χ2v) is 7.19. The molecule has 0 spiro atoms. The van der Waals surface area contributed by atoms with E-state index in [1.165, 1.54) is 5.56 Å². The zero-order chi connectivity index (χ0) is 19.2. The van der Waals surface area contributed by atoms with Crippen LogP contribution < -0.4 is 18.9 Å². The van der Waals surface area contributed by atoms with Crippen LogP contribution in [0, 0.1) is 5.21 Å². The van der Waals surface area contributed by atoms with Gasteiger partial charge < -0.3 is 28.8 Å². The summed E-state index contributed by atoms with van der Waals surface area (Å²) in [6.07, 6.45) is 1.40. The highest BCUT2D eigenvalue weighted by Gasteiger charge is 2.41. The van der Waals surface area contributed by atoms with Gasteiger partial charge in [0.05, 0.1) is 35.0 Å². The summed E-state index contributed by atoms with van der Waals surface area (Å²) < 4.78 is 21.5. The molecule has 0 N–H and O–H groups in total. The fraction of sp³-hybridized carbons (Fsp3) is 0.429. The maximum atomic E-state index is 13.7. The van der Waals surface area contributed by atoms with Gasteiger partial charge >= 0.3 is 0 Å². The molecule has 2 aliphatic heterocycles. The van der Waals surface area contributed by atoms with Crippen molar-refractivity contribution < 1.29 is 23.6 Å². The van der Waals surface area contributed by atoms with E-state index >= 15 is 0 Å². The van der Waals surface area contributed by atoms with Crippen molar-refractivity contribution in [2.45, 2.75) is 25.4 Å². The molecule has 27 heavy (non-hydrogen) atoms. The van der Waals surface area contributed by atoms with Crippen molar-refractivity contribution in [2.24, 2.45) is 0 Å². The van der Waals surface area contributed by atoms with Crippen molar-refractivity contribution in [3.05, 3.63) is 51.7 Å². The number of ether oxygens (including phenoxy) is 4. The van der Waals surface area contributed by atoms with E-state index in [2.05, 4.69) is 0 Å². The number of hydroxylamine groups is 3. The van der Waals surface area contributed by atoms with E-state index in [-0.39, 0.29) is 10.7 Å². The van der Waals surface area contributed by atoms with Crippen molar-refractivity contribution in [3.63, 3.8) is 0 Å². The van der Waals surface area contributed by atoms with Gasteiger partial charge in [-0.25, -0.2) is 0 Å². The standard InChI is InChI=1S/C21H25NO5/c1-24-18-8-13-5-6-22(23)12-15-10-20(26-3)19(25-2)9-14(15)7-17(22)16(13)11-21(18)27-4/h8-11,17H,5-7,12H2,1-4H3/t17-,22+/m0/s1. The molecule has 0 fully saturated rings. The van der Waals surface area contributed by atoms with Gasteiger partial charge in [-0.05, 0) is 35.4 Å². The number of hydrogen-bond donors (Lipinski definition) is 0. The summed E-state index contributed by atoms with van der Waals surface area (Å²) in [5.41, 5.74) is 4.42. The Labute approximate surface area is 159 Å². The minimum atomic E-state index is -0.245. The van der Waals surface area contributed by atoms with Crippen LogP contribution in [0.1, 0.15) is 28.3 Å². The summed E-state index contributed by atoms with van der Waals surface area (Å²) in [4.78, 5) is 0. The van der Waals surface area contributed by atoms with E-state index in [1.807, 2.05) is 24.3 Å². The minimum absolute atomic E-state index is 0.154. The summed E-state index contributed by atoms with van der Waals surface area (Å²) in [7, 11) is 6.51. The molecule has 6 heteroatoms. The normalized spacial score (nSPS) is 22.9. The molecule has 0 unspecified atom stereocenters. The quantitative estimate of drug-likeness (QED) is 0.609. The molecule has 0 aromatic heterocycles. The SMILES string of the molecule is COc1cc2c(cc1OC)C[N@+]1([O-])CCc3cc(OC)c(OC)cc3[C@@H]1C2. The largest absolute Gasteiger partial charge is 0.632 e. The number of hydrogen-bond acceptors (Lipinski definition) is 5. The van der Waals surface area contributed by atoms with Crippen LogP contribution in [0.25, 0.3) is 0 Å². The molecular weight excluding hydrogens is 346 g/mol. The first-order chi connectivity index (χ1) is 13.0. The molecule has 2 heterocycles. The lowest BCUT2D eigenvalue weighted by atomic mass is 9.83. The monoisotopic (exact) mass is 371 g/mol. The van der Waals surface area contributed by atoms with E-state index in [1.54, 1.807) is 28.4 Å². The smallest absolute Gasteiger partial charge is 0.161 e. The summed E-state index contributed by atoms with van der Waals surface area (Å²) >= 11 is 0. The summed E-state index contributed by atoms with van der Waals surface area (Å²) in [5.74, 6) is 2.75. The number of fused-ring (bicyclic) bond motifs is 4. The molecule has 0 saturated carbocycles. The summed E-state index contributed by atoms with van der Waals surface area (Å²) in [5, 5.41) is 13.7. The predicted octanol–water partition coefficient (Wildman–Crippen LogP) is 3.39. The van der Waals surface area contributed by atoms with Gasteiger partial charge in [-0.15, -0.1) is 0 Å². The van der Waals surface area contributed by atoms with Crippen LogP contribution in [-0.4, -0.2) is 39.6 Å². The van der Waals surface area contributed by atoms with Crippen LogP contribution >= 0.6 is 0 Å². The van der Waals surface area contributed by atoms with Gasteiger partial charge in [0, 0.05) is 24.0 Å². The molecule has 2 aromatic rings. The lowest BCUT2D eigenvalue weighted by Crippen LogP contribution is -2.52. The molecule has 0 amide bonds. The van der Waals surface area contributed by atoms with Gasteiger partial charge in [0.1, 0.15) is 12.6 Å². The molecule has 4 rings (SSSR count). The van der Waals surface area contributed by atoms with Gasteiger partial charge in [0.25, 0.3) is 0 Å². The van der Waals surface area contributed by atoms with E-state index in [0.717, 1.165) is 23.1 Å². The molecule has 6 nitrogen and oxygen atoms in total. The van der Waals surface area contributed by atoms with E-state index in [4.69, 9.17) is 18.9 Å². The molecular formula is C21H25NO5. The Hall–Kier alpha value is -2.44. The number of rotatable bonds is 4. The number of nitrogens with zero attached hydrogens (tertiary/aromatic N) is 1. The average molecular weight is 371 g/mol. The third-order valence-corrected chi connectivity index (χ3v) is 5.89. The first-order valence-electron chi connectivity index (χ1n) is 9.09. The van der Waals surface area contributed by atoms with Crippen molar-refractivity contribution >= 4 is 0 Å². The van der Waals surface area contributed by atoms with Crippen LogP contribution in [0.5, 0.6) is 23.0 Å². The van der Waals surface area contributed by atoms with Gasteiger partial charge in [-0.1, -0.05) is 0 Å². The molecule has 0 radical (unpaired) electrons. The summed E-state index contributed by atoms with van der Waals surface area (Å²) in [6, 6.07) is 7.80. The number of methoxy groups -OCH3 is 4. The first kappa shape index (κ1) is 17.9. The molecule has 2 atom stereocenters. The summed E-state index contributed by atoms with van der Waals surface area (Å²) in [6.45, 7) is 0.995. The number of benzene rings is 2. The Kier molecular flexibility index (Phi) is 4.40. The lowest BCUT2D eigenvalue weighted by Gasteiger charge is -2.54. The Balaban J connectivity index is 1.80. The van der Waals surface area contributed by atoms with Crippen LogP contribution in [0.4, 0.5) is 0 Å². The fourth-order valence-electron chi connectivity index (χ4n) is 4.45. The topological polar surface area (TPSA) is 60.0 Å². The highest BCUT2D eigenvalue weighted by Crippen LogP contribution is 2.47. The Morgan fingerprint density at radius 2 is 1.30 bits per heavy atom. The minimum Gasteiger partial charge on any atom is -0.632 e. The third kappa shape index (κ3) is 2.80. The van der Waals surface area contributed by atoms with Gasteiger partial charge in [-0.2, -0.15) is 0 Å². The maximum Gasteiger partial charge on any atom is 0.161 e. The predicted molar refractivity (Wildman–Crippen MR) is 101 cm³/mol. The fourth-order valence-corrected chi connectivity index (χ4v) is 4.45. The highest BCUT2D eigenvalue weighted by atomic mass is 16.5. The van der Waals surface area contributed by atoms with E-state index in [0.29, 0.717) is 42.5 Å². The van der Waals surface area contributed by atoms with Crippen molar-refractivity contribution in [1.82, 2.24) is 0 Å². The first-order valence-corrected chi connectivity index (χ1v) is 9.09. The zero-order valence-electron chi connectivity index (χ0n) is 16.2. The second-order valence-electron chi connectivity index (χ2n) is 7.19. The van der Waals surface area contributed by atoms with E-state index < -0.39 is 0 Å². The molecule has 2 aliphatic rings. The highest BCUT2D eigenvalue weighted by molar-refractivity contribution is 5.52. The van der Waals surface area contributed by atoms with Crippen LogP contribution in [-0.2, 0) is 19.4 Å². The van der Waals surface area contributed by atoms with Crippen molar-refractivity contribution in [1.29, 1.82) is 0 Å². The maximum absolute atomic E-state index is 13.7. The molecule has 0 saturated heterocycles. The lowest BCUT2D eigenvalue weighted by molar-refractivity contribution is -0.928.